The maximum Gasteiger partial charge on any atom is 0.316 e. The monoisotopic (exact) mass is 182 g/mol. The molecule has 0 aromatic rings. The van der Waals surface area contributed by atoms with Gasteiger partial charge in [-0.1, -0.05) is 0 Å². The van der Waals surface area contributed by atoms with E-state index in [1.54, 1.807) is 0 Å². The van der Waals surface area contributed by atoms with Crippen LogP contribution in [0.3, 0.4) is 0 Å². The van der Waals surface area contributed by atoms with Crippen LogP contribution >= 0.6 is 8.25 Å². The Bertz CT molecular complexity index is 150. The zero-order valence-electron chi connectivity index (χ0n) is 5.90. The summed E-state index contributed by atoms with van der Waals surface area (Å²) in [6, 6.07) is 0. The molecule has 11 heavy (non-hydrogen) atoms. The Balaban J connectivity index is 2.20. The molecule has 1 fully saturated rings. The Kier molecular flexibility index (Phi) is 3.48. The summed E-state index contributed by atoms with van der Waals surface area (Å²) in [6.45, 7) is 0.483. The number of hydrogen-bond acceptors (Lipinski definition) is 4. The first kappa shape index (κ1) is 9.16. The van der Waals surface area contributed by atoms with E-state index in [1.165, 1.54) is 0 Å². The quantitative estimate of drug-likeness (QED) is 0.577. The van der Waals surface area contributed by atoms with Gasteiger partial charge in [0.1, 0.15) is 6.10 Å². The Morgan fingerprint density at radius 1 is 1.73 bits per heavy atom. The van der Waals surface area contributed by atoms with E-state index in [-0.39, 0.29) is 6.61 Å². The lowest BCUT2D eigenvalue weighted by Crippen LogP contribution is -2.25. The van der Waals surface area contributed by atoms with E-state index < -0.39 is 20.5 Å². The van der Waals surface area contributed by atoms with Crippen molar-refractivity contribution in [3.63, 3.8) is 0 Å². The van der Waals surface area contributed by atoms with Crippen molar-refractivity contribution in [2.24, 2.45) is 0 Å². The van der Waals surface area contributed by atoms with Crippen LogP contribution in [0.2, 0.25) is 0 Å². The van der Waals surface area contributed by atoms with Gasteiger partial charge in [0.15, 0.2) is 0 Å². The van der Waals surface area contributed by atoms with Crippen molar-refractivity contribution >= 4 is 8.25 Å². The molecule has 0 bridgehead atoms. The number of ether oxygens (including phenoxy) is 1. The first-order chi connectivity index (χ1) is 5.20. The highest BCUT2D eigenvalue weighted by Crippen LogP contribution is 2.20. The van der Waals surface area contributed by atoms with Crippen molar-refractivity contribution in [1.82, 2.24) is 0 Å². The Morgan fingerprint density at radius 3 is 2.91 bits per heavy atom. The average Bonchev–Trinajstić information content (AvgIpc) is 2.31. The molecule has 0 amide bonds. The van der Waals surface area contributed by atoms with Crippen molar-refractivity contribution in [1.29, 1.82) is 0 Å². The van der Waals surface area contributed by atoms with Crippen LogP contribution in [0.15, 0.2) is 0 Å². The number of aliphatic hydroxyl groups excluding tert-OH is 1. The molecule has 5 nitrogen and oxygen atoms in total. The molecule has 0 aromatic carbocycles. The van der Waals surface area contributed by atoms with Crippen LogP contribution in [0.4, 0.5) is 0 Å². The summed E-state index contributed by atoms with van der Waals surface area (Å²) < 4.78 is 19.5. The Morgan fingerprint density at radius 2 is 2.45 bits per heavy atom. The normalized spacial score (nSPS) is 34.0. The van der Waals surface area contributed by atoms with Gasteiger partial charge in [0.2, 0.25) is 0 Å². The summed E-state index contributed by atoms with van der Waals surface area (Å²) in [5.41, 5.74) is 0. The van der Waals surface area contributed by atoms with E-state index in [0.29, 0.717) is 13.0 Å². The fourth-order valence-electron chi connectivity index (χ4n) is 0.950. The first-order valence-electron chi connectivity index (χ1n) is 3.35. The summed E-state index contributed by atoms with van der Waals surface area (Å²) in [5, 5.41) is 9.12. The van der Waals surface area contributed by atoms with Gasteiger partial charge in [-0.15, -0.1) is 0 Å². The van der Waals surface area contributed by atoms with E-state index in [9.17, 15) is 4.57 Å². The minimum Gasteiger partial charge on any atom is -0.390 e. The maximum atomic E-state index is 10.1. The maximum absolute atomic E-state index is 10.1. The molecule has 66 valence electrons. The van der Waals surface area contributed by atoms with Crippen molar-refractivity contribution in [2.45, 2.75) is 18.6 Å². The molecule has 0 aliphatic carbocycles. The molecule has 1 aliphatic heterocycles. The number of aliphatic hydroxyl groups is 1. The van der Waals surface area contributed by atoms with Gasteiger partial charge >= 0.3 is 8.25 Å². The number of hydrogen-bond donors (Lipinski definition) is 2. The minimum absolute atomic E-state index is 0.00450. The van der Waals surface area contributed by atoms with Crippen LogP contribution in [0.25, 0.3) is 0 Å². The van der Waals surface area contributed by atoms with Gasteiger partial charge in [-0.25, -0.2) is 0 Å². The molecule has 1 heterocycles. The fraction of sp³-hybridized carbons (Fsp3) is 1.00. The summed E-state index contributed by atoms with van der Waals surface area (Å²) >= 11 is 0. The second-order valence-corrected chi connectivity index (χ2v) is 3.16. The SMILES string of the molecule is O=[PH](O)OCC1OCCC1O. The van der Waals surface area contributed by atoms with Gasteiger partial charge < -0.3 is 19.3 Å². The van der Waals surface area contributed by atoms with Gasteiger partial charge in [-0.2, -0.15) is 0 Å². The van der Waals surface area contributed by atoms with Gasteiger partial charge in [0, 0.05) is 6.61 Å². The summed E-state index contributed by atoms with van der Waals surface area (Å²) in [6.07, 6.45) is -0.423. The first-order valence-corrected chi connectivity index (χ1v) is 4.62. The largest absolute Gasteiger partial charge is 0.390 e. The molecule has 1 rings (SSSR count). The molecule has 3 atom stereocenters. The highest BCUT2D eigenvalue weighted by Gasteiger charge is 2.26. The van der Waals surface area contributed by atoms with Crippen LogP contribution in [-0.4, -0.2) is 35.4 Å². The van der Waals surface area contributed by atoms with E-state index in [2.05, 4.69) is 4.52 Å². The standard InChI is InChI=1S/C5H11O5P/c6-4-1-2-9-5(4)3-10-11(7)8/h4-6,11H,1-3H2,(H,7,8). The molecule has 0 aromatic heterocycles. The van der Waals surface area contributed by atoms with Crippen molar-refractivity contribution in [3.8, 4) is 0 Å². The highest BCUT2D eigenvalue weighted by molar-refractivity contribution is 7.32. The van der Waals surface area contributed by atoms with Crippen LogP contribution in [0.5, 0.6) is 0 Å². The molecule has 6 heteroatoms. The van der Waals surface area contributed by atoms with Gasteiger partial charge in [-0.05, 0) is 6.42 Å². The topological polar surface area (TPSA) is 76.0 Å². The molecule has 0 saturated carbocycles. The van der Waals surface area contributed by atoms with E-state index in [0.717, 1.165) is 0 Å². The third-order valence-electron chi connectivity index (χ3n) is 1.55. The molecule has 1 aliphatic rings. The summed E-state index contributed by atoms with van der Waals surface area (Å²) in [7, 11) is -2.89. The lowest BCUT2D eigenvalue weighted by atomic mass is 10.2. The lowest BCUT2D eigenvalue weighted by molar-refractivity contribution is 0.0104. The van der Waals surface area contributed by atoms with Gasteiger partial charge in [-0.3, -0.25) is 4.57 Å². The third-order valence-corrected chi connectivity index (χ3v) is 1.96. The Labute approximate surface area is 64.9 Å². The van der Waals surface area contributed by atoms with Crippen molar-refractivity contribution in [2.75, 3.05) is 13.2 Å². The zero-order chi connectivity index (χ0) is 8.27. The Hall–Kier alpha value is 0.0700. The fourth-order valence-corrected chi connectivity index (χ4v) is 1.26. The van der Waals surface area contributed by atoms with Crippen LogP contribution in [0, 0.1) is 0 Å². The lowest BCUT2D eigenvalue weighted by Gasteiger charge is -2.11. The van der Waals surface area contributed by atoms with Crippen molar-refractivity contribution < 1.29 is 23.8 Å². The summed E-state index contributed by atoms with van der Waals surface area (Å²) in [4.78, 5) is 8.29. The minimum atomic E-state index is -2.89. The molecule has 2 N–H and O–H groups in total. The molecular formula is C5H11O5P. The molecule has 3 unspecified atom stereocenters. The predicted octanol–water partition coefficient (Wildman–Crippen LogP) is -0.465. The zero-order valence-corrected chi connectivity index (χ0v) is 6.90. The number of rotatable bonds is 3. The van der Waals surface area contributed by atoms with Crippen LogP contribution in [0.1, 0.15) is 6.42 Å². The smallest absolute Gasteiger partial charge is 0.316 e. The molecule has 0 radical (unpaired) electrons. The third kappa shape index (κ3) is 2.89. The van der Waals surface area contributed by atoms with Crippen molar-refractivity contribution in [3.05, 3.63) is 0 Å². The highest BCUT2D eigenvalue weighted by atomic mass is 31.1. The van der Waals surface area contributed by atoms with E-state index in [4.69, 9.17) is 14.7 Å². The molecule has 0 spiro atoms. The molecular weight excluding hydrogens is 171 g/mol. The summed E-state index contributed by atoms with van der Waals surface area (Å²) in [5.74, 6) is 0. The average molecular weight is 182 g/mol. The predicted molar refractivity (Wildman–Crippen MR) is 37.5 cm³/mol. The van der Waals surface area contributed by atoms with E-state index >= 15 is 0 Å². The molecule has 1 saturated heterocycles. The second kappa shape index (κ2) is 4.18. The van der Waals surface area contributed by atoms with Gasteiger partial charge in [0.25, 0.3) is 0 Å². The second-order valence-electron chi connectivity index (χ2n) is 2.34. The van der Waals surface area contributed by atoms with Crippen LogP contribution in [-0.2, 0) is 13.8 Å². The van der Waals surface area contributed by atoms with E-state index in [1.807, 2.05) is 0 Å². The van der Waals surface area contributed by atoms with Gasteiger partial charge in [0.05, 0.1) is 12.7 Å². The van der Waals surface area contributed by atoms with Crippen LogP contribution < -0.4 is 0 Å².